The van der Waals surface area contributed by atoms with Gasteiger partial charge < -0.3 is 58.9 Å². The summed E-state index contributed by atoms with van der Waals surface area (Å²) in [6.07, 6.45) is 3.31. The molecule has 416 valence electrons. The van der Waals surface area contributed by atoms with E-state index in [1.807, 2.05) is 13.1 Å². The first-order chi connectivity index (χ1) is 30.5. The van der Waals surface area contributed by atoms with Crippen LogP contribution in [-0.4, -0.2) is 144 Å². The Bertz CT molecular complexity index is 1470. The van der Waals surface area contributed by atoms with Crippen LogP contribution in [0.5, 0.6) is 0 Å². The molecule has 0 radical (unpaired) electrons. The van der Waals surface area contributed by atoms with Crippen LogP contribution in [0.1, 0.15) is 12.8 Å². The molecule has 0 fully saturated rings. The summed E-state index contributed by atoms with van der Waals surface area (Å²) in [4.78, 5) is 25.5. The Balaban J connectivity index is 5.85. The van der Waals surface area contributed by atoms with Crippen LogP contribution in [0, 0.1) is 0 Å². The maximum Gasteiger partial charge on any atom is 0.640 e. The summed E-state index contributed by atoms with van der Waals surface area (Å²) in [6.45, 7) is 63.4. The van der Waals surface area contributed by atoms with Gasteiger partial charge >= 0.3 is 47.6 Å². The number of hydrogen-bond acceptors (Lipinski definition) is 16. The highest BCUT2D eigenvalue weighted by Crippen LogP contribution is 2.36. The maximum atomic E-state index is 12.7. The average molecular weight is 1230 g/mol. The normalized spacial score (nSPS) is 16.6. The van der Waals surface area contributed by atoms with Gasteiger partial charge in [-0.15, -0.1) is 0 Å². The molecule has 70 heavy (non-hydrogen) atoms. The third kappa shape index (κ3) is 36.3. The van der Waals surface area contributed by atoms with Crippen molar-refractivity contribution in [1.29, 1.82) is 0 Å². The minimum absolute atomic E-state index is 0.149. The van der Waals surface area contributed by atoms with E-state index in [0.717, 1.165) is 12.2 Å². The molecule has 2 unspecified atom stereocenters. The minimum Gasteiger partial charge on any atom is -0.463 e. The summed E-state index contributed by atoms with van der Waals surface area (Å²) in [6, 6.07) is 1.32. The van der Waals surface area contributed by atoms with Crippen molar-refractivity contribution < 1.29 is 68.4 Å². The minimum atomic E-state index is -3.76. The highest BCUT2D eigenvalue weighted by molar-refractivity contribution is 6.95. The van der Waals surface area contributed by atoms with E-state index in [2.05, 4.69) is 183 Å². The Kier molecular flexibility index (Phi) is 26.7. The summed E-state index contributed by atoms with van der Waals surface area (Å²) in [5.41, 5.74) is 0. The summed E-state index contributed by atoms with van der Waals surface area (Å²) in [5.74, 6) is -1.26. The van der Waals surface area contributed by atoms with E-state index in [1.54, 1.807) is 0 Å². The van der Waals surface area contributed by atoms with Crippen LogP contribution in [0.15, 0.2) is 12.2 Å². The molecule has 0 saturated carbocycles. The van der Waals surface area contributed by atoms with Gasteiger partial charge in [0.2, 0.25) is 0 Å². The van der Waals surface area contributed by atoms with Gasteiger partial charge in [0, 0.05) is 25.2 Å². The molecule has 0 saturated heterocycles. The van der Waals surface area contributed by atoms with E-state index < -0.39 is 131 Å². The van der Waals surface area contributed by atoms with Gasteiger partial charge in [0.15, 0.2) is 83.2 Å². The lowest BCUT2D eigenvalue weighted by Crippen LogP contribution is -2.69. The quantitative estimate of drug-likeness (QED) is 0.0258. The first-order valence-corrected chi connectivity index (χ1v) is 66.1. The SMILES string of the molecule is C[Si](C)(C)O[Si](C)(O[Si](C)(C)CCCOC(=O)C=CC(=O)OCCC[Si](C)(C)O[Si](C)(O[Si](C)(C)C)O[Si](O[Si](C)(C)C)(O[Si](C)(C)C)O[Si](C)(C)C)O[Si](O[Si](C)(C)C)(O[Si](C)(C)C)O[Si](C)(C)C. The van der Waals surface area contributed by atoms with E-state index in [9.17, 15) is 9.59 Å². The Morgan fingerprint density at radius 2 is 0.486 bits per heavy atom. The second-order valence-electron chi connectivity index (χ2n) is 27.2. The zero-order valence-electron chi connectivity index (χ0n) is 49.9. The predicted molar refractivity (Wildman–Crippen MR) is 319 cm³/mol. The van der Waals surface area contributed by atoms with Crippen LogP contribution in [0.4, 0.5) is 0 Å². The van der Waals surface area contributed by atoms with E-state index >= 15 is 0 Å². The zero-order chi connectivity index (χ0) is 55.7. The predicted octanol–water partition coefficient (Wildman–Crippen LogP) is 12.7. The molecule has 0 N–H and O–H groups in total. The Morgan fingerprint density at radius 1 is 0.286 bits per heavy atom. The molecule has 2 atom stereocenters. The number of ether oxygens (including phenoxy) is 2. The van der Waals surface area contributed by atoms with Crippen LogP contribution in [0.25, 0.3) is 0 Å². The molecule has 0 aromatic heterocycles. The molecule has 0 aliphatic carbocycles. The summed E-state index contributed by atoms with van der Waals surface area (Å²) in [5, 5.41) is 0. The molecule has 0 aliphatic heterocycles. The standard InChI is InChI=1S/C40H104O16Si14/c1-57(2,3)45-67(29,55-69(47-59(7,8)9,48-60(10,11)12)49-61(13,14)15)53-65(25,26)37-31-35-43-39(41)33-34-40(42)44-36-32-38-66(27,28)54-68(30,46-58(4,5)6)56-70(50-62(16,17)18,51-63(19,20)21)52-64(22,23)24/h33-34H,31-32,35-38H2,1-30H3. The summed E-state index contributed by atoms with van der Waals surface area (Å²) >= 11 is 0. The van der Waals surface area contributed by atoms with Crippen molar-refractivity contribution in [2.75, 3.05) is 13.2 Å². The van der Waals surface area contributed by atoms with E-state index in [4.69, 9.17) is 58.9 Å². The van der Waals surface area contributed by atoms with Crippen molar-refractivity contribution in [2.45, 2.75) is 221 Å². The molecule has 0 aliphatic rings. The Hall–Kier alpha value is 1.24. The lowest BCUT2D eigenvalue weighted by Gasteiger charge is -2.46. The molecule has 0 bridgehead atoms. The van der Waals surface area contributed by atoms with Gasteiger partial charge in [0.1, 0.15) is 0 Å². The number of rotatable bonds is 34. The molecule has 16 nitrogen and oxygen atoms in total. The van der Waals surface area contributed by atoms with Gasteiger partial charge in [-0.2, -0.15) is 0 Å². The molecular weight excluding hydrogens is 1130 g/mol. The van der Waals surface area contributed by atoms with Crippen LogP contribution in [0.2, 0.25) is 208 Å². The van der Waals surface area contributed by atoms with Crippen LogP contribution in [-0.2, 0) is 68.4 Å². The highest BCUT2D eigenvalue weighted by Gasteiger charge is 2.62. The fourth-order valence-corrected chi connectivity index (χ4v) is 58.0. The third-order valence-corrected chi connectivity index (χ3v) is 51.8. The second kappa shape index (κ2) is 26.3. The summed E-state index contributed by atoms with van der Waals surface area (Å²) < 4.78 is 94.1. The van der Waals surface area contributed by atoms with Gasteiger partial charge in [-0.3, -0.25) is 0 Å². The number of carbonyl (C=O) groups excluding carboxylic acids is 2. The fraction of sp³-hybridized carbons (Fsp3) is 0.900. The van der Waals surface area contributed by atoms with Crippen LogP contribution < -0.4 is 0 Å². The second-order valence-corrected chi connectivity index (χ2v) is 84.3. The number of esters is 2. The maximum absolute atomic E-state index is 12.7. The van der Waals surface area contributed by atoms with Gasteiger partial charge in [0.05, 0.1) is 13.2 Å². The van der Waals surface area contributed by atoms with Crippen LogP contribution in [0.3, 0.4) is 0 Å². The van der Waals surface area contributed by atoms with Crippen LogP contribution >= 0.6 is 0 Å². The van der Waals surface area contributed by atoms with E-state index in [0.29, 0.717) is 24.9 Å². The van der Waals surface area contributed by atoms with Crippen molar-refractivity contribution in [3.05, 3.63) is 12.2 Å². The average Bonchev–Trinajstić information content (AvgIpc) is 2.95. The first kappa shape index (κ1) is 71.2. The first-order valence-electron chi connectivity index (χ1n) is 24.9. The Labute approximate surface area is 442 Å². The number of hydrogen-bond donors (Lipinski definition) is 0. The molecule has 30 heteroatoms. The lowest BCUT2D eigenvalue weighted by molar-refractivity contribution is -0.140. The van der Waals surface area contributed by atoms with Crippen molar-refractivity contribution >= 4 is 131 Å². The molecular formula is C40H104O16Si14. The van der Waals surface area contributed by atoms with Gasteiger partial charge in [-0.05, 0) is 208 Å². The molecule has 0 aromatic carbocycles. The zero-order valence-corrected chi connectivity index (χ0v) is 63.9. The van der Waals surface area contributed by atoms with Gasteiger partial charge in [-0.1, -0.05) is 0 Å². The molecule has 0 heterocycles. The van der Waals surface area contributed by atoms with Gasteiger partial charge in [-0.25, -0.2) is 9.59 Å². The van der Waals surface area contributed by atoms with Crippen molar-refractivity contribution in [3.8, 4) is 0 Å². The van der Waals surface area contributed by atoms with Crippen molar-refractivity contribution in [2.24, 2.45) is 0 Å². The molecule has 0 aromatic rings. The summed E-state index contributed by atoms with van der Waals surface area (Å²) in [7, 11) is -37.3. The smallest absolute Gasteiger partial charge is 0.463 e. The molecule has 0 spiro atoms. The highest BCUT2D eigenvalue weighted by atomic mass is 28.6. The van der Waals surface area contributed by atoms with E-state index in [-0.39, 0.29) is 13.2 Å². The van der Waals surface area contributed by atoms with Crippen molar-refractivity contribution in [1.82, 2.24) is 0 Å². The fourth-order valence-electron chi connectivity index (χ4n) is 6.87. The van der Waals surface area contributed by atoms with Crippen molar-refractivity contribution in [3.63, 3.8) is 0 Å². The monoisotopic (exact) mass is 1230 g/mol. The van der Waals surface area contributed by atoms with E-state index in [1.165, 1.54) is 0 Å². The van der Waals surface area contributed by atoms with Gasteiger partial charge in [0.25, 0.3) is 0 Å². The topological polar surface area (TPSA) is 163 Å². The largest absolute Gasteiger partial charge is 0.640 e. The Morgan fingerprint density at radius 3 is 0.671 bits per heavy atom. The third-order valence-electron chi connectivity index (χ3n) is 7.80. The lowest BCUT2D eigenvalue weighted by atomic mass is 10.4. The molecule has 0 amide bonds. The molecule has 0 rings (SSSR count). The number of carbonyl (C=O) groups is 2.